The van der Waals surface area contributed by atoms with E-state index in [0.717, 1.165) is 0 Å². The van der Waals surface area contributed by atoms with Gasteiger partial charge in [-0.15, -0.1) is 0 Å². The number of amides is 1. The van der Waals surface area contributed by atoms with Gasteiger partial charge in [-0.3, -0.25) is 5.32 Å². The van der Waals surface area contributed by atoms with E-state index in [1.165, 1.54) is 13.2 Å². The number of oxazole rings is 1. The molecule has 0 atom stereocenters. The summed E-state index contributed by atoms with van der Waals surface area (Å²) in [5.74, 6) is -0.421. The highest BCUT2D eigenvalue weighted by atomic mass is 16.6. The number of ether oxygens (including phenoxy) is 2. The van der Waals surface area contributed by atoms with Gasteiger partial charge in [-0.1, -0.05) is 0 Å². The molecule has 2 aromatic rings. The fraction of sp³-hybridized carbons (Fsp3) is 0.400. The number of esters is 1. The maximum atomic E-state index is 12.0. The van der Waals surface area contributed by atoms with E-state index in [1.54, 1.807) is 27.7 Å². The van der Waals surface area contributed by atoms with Gasteiger partial charge in [-0.25, -0.2) is 14.6 Å². The molecule has 22 heavy (non-hydrogen) atoms. The van der Waals surface area contributed by atoms with E-state index >= 15 is 0 Å². The summed E-state index contributed by atoms with van der Waals surface area (Å²) in [5.41, 5.74) is -0.240. The molecule has 7 heteroatoms. The summed E-state index contributed by atoms with van der Waals surface area (Å²) in [6.45, 7) is 6.77. The molecule has 1 amide bonds. The molecule has 0 unspecified atom stereocenters. The number of carbonyl (C=O) groups is 2. The second kappa shape index (κ2) is 5.67. The average molecular weight is 308 g/mol. The fourth-order valence-electron chi connectivity index (χ4n) is 1.80. The van der Waals surface area contributed by atoms with E-state index in [1.807, 2.05) is 0 Å². The smallest absolute Gasteiger partial charge is 0.412 e. The Hall–Kier alpha value is -2.57. The van der Waals surface area contributed by atoms with Gasteiger partial charge in [0.25, 0.3) is 0 Å². The molecule has 1 aromatic carbocycles. The molecule has 0 fully saturated rings. The summed E-state index contributed by atoms with van der Waals surface area (Å²) < 4.78 is 23.3. The summed E-state index contributed by atoms with van der Waals surface area (Å²) in [6, 6.07) is 1.24. The topological polar surface area (TPSA) is 90.7 Å². The number of rotatable bonds is 2. The molecule has 7 nitrogen and oxygen atoms in total. The van der Waals surface area contributed by atoms with E-state index in [2.05, 4.69) is 15.0 Å². The molecular formula is C15H18N2O5. The summed E-state index contributed by atoms with van der Waals surface area (Å²) in [5, 5.41) is 2.46. The Balaban J connectivity index is 2.52. The third-order valence-electron chi connectivity index (χ3n) is 2.57. The van der Waals surface area contributed by atoms with Gasteiger partial charge in [0.1, 0.15) is 11.1 Å². The monoisotopic (exact) mass is 308 g/mol. The van der Waals surface area contributed by atoms with Crippen molar-refractivity contribution in [1.29, 1.82) is 0 Å². The van der Waals surface area contributed by atoms with Crippen LogP contribution in [0.4, 0.5) is 10.5 Å². The van der Waals surface area contributed by atoms with Crippen molar-refractivity contribution in [3.8, 4) is 0 Å². The Bertz CT molecular complexity index is 776. The number of nitrogens with zero attached hydrogens (tertiary/aromatic N) is 1. The van der Waals surface area contributed by atoms with Crippen LogP contribution in [0.3, 0.4) is 0 Å². The van der Waals surface area contributed by atoms with Crippen molar-refractivity contribution in [3.63, 3.8) is 0 Å². The fourth-order valence-corrected chi connectivity index (χ4v) is 1.80. The molecule has 118 valence electrons. The number of aryl methyl sites for hydroxylation is 1. The third-order valence-corrected chi connectivity index (χ3v) is 2.57. The number of methoxy groups -OCH3 is 1. The van der Waals surface area contributed by atoms with Crippen molar-refractivity contribution in [3.05, 3.63) is 23.6 Å². The van der Waals surface area contributed by atoms with Crippen molar-refractivity contribution in [2.75, 3.05) is 12.4 Å². The Morgan fingerprint density at radius 1 is 1.41 bits per heavy atom. The predicted molar refractivity (Wildman–Crippen MR) is 79.9 cm³/mol. The normalized spacial score (nSPS) is 12.0. The number of fused-ring (bicyclic) bond motifs is 1. The molecule has 1 N–H and O–H groups in total. The molecule has 0 bridgehead atoms. The SMILES string of the molecule is [3H]c1c(C(=O)OC)c(NC(=O)OC(C)(C)C)cc2nc(C)oc12. The zero-order valence-electron chi connectivity index (χ0n) is 14.1. The number of anilines is 1. The minimum atomic E-state index is -0.767. The van der Waals surface area contributed by atoms with Crippen LogP contribution in [0.25, 0.3) is 11.1 Å². The van der Waals surface area contributed by atoms with Crippen LogP contribution in [-0.4, -0.2) is 29.8 Å². The molecule has 1 aromatic heterocycles. The standard InChI is InChI=1S/C15H18N2O5/c1-8-16-11-7-10(17-14(19)22-15(2,3)4)9(13(18)20-5)6-12(11)21-8/h6-7H,1-5H3,(H,17,19)/i6T. The van der Waals surface area contributed by atoms with Crippen LogP contribution in [0.15, 0.2) is 16.5 Å². The summed E-state index contributed by atoms with van der Waals surface area (Å²) in [6.07, 6.45) is -0.749. The molecule has 0 aliphatic rings. The zero-order valence-corrected chi connectivity index (χ0v) is 13.1. The average Bonchev–Trinajstić information content (AvgIpc) is 2.77. The van der Waals surface area contributed by atoms with Crippen LogP contribution in [0, 0.1) is 6.92 Å². The highest BCUT2D eigenvalue weighted by Gasteiger charge is 2.21. The molecule has 0 saturated heterocycles. The van der Waals surface area contributed by atoms with Crippen LogP contribution in [0.5, 0.6) is 0 Å². The highest BCUT2D eigenvalue weighted by molar-refractivity contribution is 6.03. The van der Waals surface area contributed by atoms with Gasteiger partial charge >= 0.3 is 12.1 Å². The molecule has 0 saturated carbocycles. The maximum absolute atomic E-state index is 12.0. The number of nitrogens with one attached hydrogen (secondary N) is 1. The Kier molecular flexibility index (Phi) is 3.70. The predicted octanol–water partition coefficient (Wildman–Crippen LogP) is 3.27. The van der Waals surface area contributed by atoms with Gasteiger partial charge in [0.2, 0.25) is 0 Å². The Labute approximate surface area is 129 Å². The lowest BCUT2D eigenvalue weighted by molar-refractivity contribution is 0.0602. The lowest BCUT2D eigenvalue weighted by Gasteiger charge is -2.20. The van der Waals surface area contributed by atoms with Crippen molar-refractivity contribution < 1.29 is 24.9 Å². The van der Waals surface area contributed by atoms with Crippen LogP contribution in [-0.2, 0) is 9.47 Å². The van der Waals surface area contributed by atoms with Gasteiger partial charge in [0.15, 0.2) is 11.5 Å². The minimum absolute atomic E-state index is 0.0805. The number of aromatic nitrogens is 1. The van der Waals surface area contributed by atoms with Crippen LogP contribution >= 0.6 is 0 Å². The lowest BCUT2D eigenvalue weighted by Crippen LogP contribution is -2.27. The molecule has 0 aliphatic heterocycles. The van der Waals surface area contributed by atoms with Crippen molar-refractivity contribution in [2.24, 2.45) is 0 Å². The lowest BCUT2D eigenvalue weighted by atomic mass is 10.1. The number of hydrogen-bond acceptors (Lipinski definition) is 6. The largest absolute Gasteiger partial charge is 0.465 e. The van der Waals surface area contributed by atoms with Crippen molar-refractivity contribution >= 4 is 28.8 Å². The second-order valence-electron chi connectivity index (χ2n) is 5.62. The Morgan fingerprint density at radius 2 is 2.09 bits per heavy atom. The molecule has 1 heterocycles. The molecule has 2 rings (SSSR count). The Morgan fingerprint density at radius 3 is 2.68 bits per heavy atom. The number of carbonyl (C=O) groups excluding carboxylic acids is 2. The first-order valence-corrected chi connectivity index (χ1v) is 6.61. The molecule has 0 spiro atoms. The first-order chi connectivity index (χ1) is 10.6. The van der Waals surface area contributed by atoms with E-state index in [4.69, 9.17) is 10.5 Å². The van der Waals surface area contributed by atoms with E-state index < -0.39 is 17.7 Å². The second-order valence-corrected chi connectivity index (χ2v) is 5.62. The zero-order chi connectivity index (χ0) is 17.4. The van der Waals surface area contributed by atoms with Gasteiger partial charge in [0.05, 0.1) is 19.7 Å². The van der Waals surface area contributed by atoms with E-state index in [0.29, 0.717) is 11.4 Å². The summed E-state index contributed by atoms with van der Waals surface area (Å²) in [4.78, 5) is 28.0. The van der Waals surface area contributed by atoms with E-state index in [9.17, 15) is 9.59 Å². The summed E-state index contributed by atoms with van der Waals surface area (Å²) >= 11 is 0. The maximum Gasteiger partial charge on any atom is 0.412 e. The third kappa shape index (κ3) is 3.55. The summed E-state index contributed by atoms with van der Waals surface area (Å²) in [7, 11) is 1.19. The highest BCUT2D eigenvalue weighted by Crippen LogP contribution is 2.26. The molecule has 0 radical (unpaired) electrons. The number of benzene rings is 1. The van der Waals surface area contributed by atoms with Gasteiger partial charge in [-0.2, -0.15) is 0 Å². The number of hydrogen-bond donors (Lipinski definition) is 1. The van der Waals surface area contributed by atoms with Crippen molar-refractivity contribution in [1.82, 2.24) is 4.98 Å². The van der Waals surface area contributed by atoms with E-state index in [-0.39, 0.29) is 22.9 Å². The van der Waals surface area contributed by atoms with Crippen molar-refractivity contribution in [2.45, 2.75) is 33.3 Å². The molecule has 0 aliphatic carbocycles. The van der Waals surface area contributed by atoms with Gasteiger partial charge in [-0.05, 0) is 32.9 Å². The van der Waals surface area contributed by atoms with Crippen LogP contribution < -0.4 is 5.32 Å². The first kappa shape index (κ1) is 14.4. The van der Waals surface area contributed by atoms with Gasteiger partial charge < -0.3 is 13.9 Å². The minimum Gasteiger partial charge on any atom is -0.465 e. The van der Waals surface area contributed by atoms with Crippen LogP contribution in [0.1, 0.15) is 38.4 Å². The first-order valence-electron chi connectivity index (χ1n) is 7.11. The quantitative estimate of drug-likeness (QED) is 0.856. The van der Waals surface area contributed by atoms with Crippen LogP contribution in [0.2, 0.25) is 0 Å². The molecular weight excluding hydrogens is 288 g/mol. The van der Waals surface area contributed by atoms with Gasteiger partial charge in [0, 0.05) is 6.92 Å².